The van der Waals surface area contributed by atoms with E-state index in [0.717, 1.165) is 17.5 Å². The lowest BCUT2D eigenvalue weighted by Crippen LogP contribution is -2.42. The second kappa shape index (κ2) is 12.4. The van der Waals surface area contributed by atoms with E-state index in [1.165, 1.54) is 14.2 Å². The number of esters is 1. The lowest BCUT2D eigenvalue weighted by Gasteiger charge is -2.40. The number of carbonyl (C=O) groups excluding carboxylic acids is 1. The summed E-state index contributed by atoms with van der Waals surface area (Å²) >= 11 is 0. The second-order valence-electron chi connectivity index (χ2n) is 9.83. The molecule has 7 heteroatoms. The van der Waals surface area contributed by atoms with Gasteiger partial charge in [0.1, 0.15) is 17.1 Å². The Morgan fingerprint density at radius 3 is 2.24 bits per heavy atom. The van der Waals surface area contributed by atoms with Gasteiger partial charge in [-0.15, -0.1) is 0 Å². The Morgan fingerprint density at radius 2 is 1.68 bits per heavy atom. The molecule has 2 aromatic rings. The molecule has 6 nitrogen and oxygen atoms in total. The molecule has 188 valence electrons. The highest BCUT2D eigenvalue weighted by atomic mass is 28.4. The molecule has 0 amide bonds. The van der Waals surface area contributed by atoms with Crippen LogP contribution in [0.5, 0.6) is 11.5 Å². The molecule has 0 aliphatic carbocycles. The molecule has 0 bridgehead atoms. The third-order valence-corrected chi connectivity index (χ3v) is 10.9. The van der Waals surface area contributed by atoms with Gasteiger partial charge in [-0.05, 0) is 42.6 Å². The van der Waals surface area contributed by atoms with E-state index in [1.54, 1.807) is 13.2 Å². The molecule has 2 aromatic carbocycles. The highest BCUT2D eigenvalue weighted by molar-refractivity contribution is 6.74. The second-order valence-corrected chi connectivity index (χ2v) is 14.6. The minimum Gasteiger partial charge on any atom is -0.497 e. The van der Waals surface area contributed by atoms with E-state index in [1.807, 2.05) is 24.3 Å². The van der Waals surface area contributed by atoms with Gasteiger partial charge >= 0.3 is 5.97 Å². The summed E-state index contributed by atoms with van der Waals surface area (Å²) in [7, 11) is 2.33. The highest BCUT2D eigenvalue weighted by Gasteiger charge is 2.40. The van der Waals surface area contributed by atoms with Crippen molar-refractivity contribution in [2.45, 2.75) is 64.5 Å². The molecule has 0 unspecified atom stereocenters. The summed E-state index contributed by atoms with van der Waals surface area (Å²) in [5.41, 5.74) is 2.23. The minimum atomic E-state index is -2.17. The zero-order chi connectivity index (χ0) is 25.4. The maximum Gasteiger partial charge on any atom is 0.342 e. The van der Waals surface area contributed by atoms with Gasteiger partial charge in [-0.25, -0.2) is 4.79 Å². The number of methoxy groups -OCH3 is 3. The highest BCUT2D eigenvalue weighted by Crippen LogP contribution is 2.43. The molecule has 0 saturated carbocycles. The van der Waals surface area contributed by atoms with E-state index in [9.17, 15) is 4.79 Å². The average molecular weight is 489 g/mol. The number of benzene rings is 2. The van der Waals surface area contributed by atoms with Crippen LogP contribution in [0.25, 0.3) is 0 Å². The Kier molecular flexibility index (Phi) is 10.2. The SMILES string of the molecule is COC(=O)c1c(OC)cc(OC)cc1[C@@H](CCCOCc1ccccc1)O[Si](C)(C)C(C)(C)C. The van der Waals surface area contributed by atoms with Crippen LogP contribution >= 0.6 is 0 Å². The van der Waals surface area contributed by atoms with Crippen LogP contribution in [0.4, 0.5) is 0 Å². The Morgan fingerprint density at radius 1 is 1.00 bits per heavy atom. The first-order valence-corrected chi connectivity index (χ1v) is 14.6. The maximum atomic E-state index is 12.8. The van der Waals surface area contributed by atoms with Crippen molar-refractivity contribution in [3.05, 3.63) is 59.2 Å². The van der Waals surface area contributed by atoms with Crippen LogP contribution < -0.4 is 9.47 Å². The van der Waals surface area contributed by atoms with Crippen molar-refractivity contribution in [3.63, 3.8) is 0 Å². The number of rotatable bonds is 12. The first-order chi connectivity index (χ1) is 16.0. The lowest BCUT2D eigenvalue weighted by atomic mass is 9.97. The van der Waals surface area contributed by atoms with Gasteiger partial charge in [0, 0.05) is 18.2 Å². The Hall–Kier alpha value is -2.35. The van der Waals surface area contributed by atoms with E-state index in [-0.39, 0.29) is 11.1 Å². The molecule has 2 rings (SSSR count). The Labute approximate surface area is 205 Å². The summed E-state index contributed by atoms with van der Waals surface area (Å²) in [6, 6.07) is 13.7. The van der Waals surface area contributed by atoms with E-state index >= 15 is 0 Å². The summed E-state index contributed by atoms with van der Waals surface area (Å²) in [6.45, 7) is 12.2. The first kappa shape index (κ1) is 27.9. The van der Waals surface area contributed by atoms with Gasteiger partial charge in [0.2, 0.25) is 0 Å². The van der Waals surface area contributed by atoms with Gasteiger partial charge in [-0.1, -0.05) is 51.1 Å². The maximum absolute atomic E-state index is 12.8. The van der Waals surface area contributed by atoms with Gasteiger partial charge in [0.15, 0.2) is 8.32 Å². The molecule has 0 radical (unpaired) electrons. The zero-order valence-electron chi connectivity index (χ0n) is 21.9. The van der Waals surface area contributed by atoms with Crippen LogP contribution in [0.2, 0.25) is 18.1 Å². The largest absolute Gasteiger partial charge is 0.497 e. The molecule has 0 fully saturated rings. The molecule has 0 aromatic heterocycles. The van der Waals surface area contributed by atoms with E-state index in [2.05, 4.69) is 46.0 Å². The topological polar surface area (TPSA) is 63.2 Å². The molecule has 0 saturated heterocycles. The van der Waals surface area contributed by atoms with E-state index < -0.39 is 14.3 Å². The van der Waals surface area contributed by atoms with Gasteiger partial charge in [0.05, 0.1) is 34.0 Å². The summed E-state index contributed by atoms with van der Waals surface area (Å²) in [5.74, 6) is 0.549. The standard InChI is InChI=1S/C27H40O6Si/c1-27(2,3)34(7,8)33-23(15-12-16-32-19-20-13-10-9-11-14-20)22-17-21(29-4)18-24(30-5)25(22)26(28)31-6/h9-11,13-14,17-18,23H,12,15-16,19H2,1-8H3/t23-/m1/s1. The number of hydrogen-bond acceptors (Lipinski definition) is 6. The van der Waals surface area contributed by atoms with Crippen molar-refractivity contribution >= 4 is 14.3 Å². The van der Waals surface area contributed by atoms with Crippen molar-refractivity contribution in [3.8, 4) is 11.5 Å². The fourth-order valence-corrected chi connectivity index (χ4v) is 4.72. The normalized spacial score (nSPS) is 12.8. The molecular weight excluding hydrogens is 448 g/mol. The van der Waals surface area contributed by atoms with Crippen molar-refractivity contribution in [1.82, 2.24) is 0 Å². The fourth-order valence-electron chi connectivity index (χ4n) is 3.41. The molecule has 0 N–H and O–H groups in total. The monoisotopic (exact) mass is 488 g/mol. The fraction of sp³-hybridized carbons (Fsp3) is 0.519. The summed E-state index contributed by atoms with van der Waals surface area (Å²) < 4.78 is 28.9. The van der Waals surface area contributed by atoms with Crippen molar-refractivity contribution in [2.24, 2.45) is 0 Å². The van der Waals surface area contributed by atoms with Crippen LogP contribution in [0, 0.1) is 0 Å². The number of carbonyl (C=O) groups is 1. The number of ether oxygens (including phenoxy) is 4. The molecule has 0 spiro atoms. The van der Waals surface area contributed by atoms with Crippen LogP contribution in [-0.2, 0) is 20.5 Å². The van der Waals surface area contributed by atoms with Crippen molar-refractivity contribution in [1.29, 1.82) is 0 Å². The molecule has 0 aliphatic heterocycles. The third-order valence-electron chi connectivity index (χ3n) is 6.41. The minimum absolute atomic E-state index is 0.00341. The van der Waals surface area contributed by atoms with Crippen LogP contribution in [0.3, 0.4) is 0 Å². The predicted octanol–water partition coefficient (Wildman–Crippen LogP) is 6.55. The van der Waals surface area contributed by atoms with Gasteiger partial charge < -0.3 is 23.4 Å². The Balaban J connectivity index is 2.34. The summed E-state index contributed by atoms with van der Waals surface area (Å²) in [6.07, 6.45) is 1.12. The van der Waals surface area contributed by atoms with E-state index in [0.29, 0.717) is 36.7 Å². The number of hydrogen-bond donors (Lipinski definition) is 0. The molecule has 0 heterocycles. The van der Waals surface area contributed by atoms with Crippen molar-refractivity contribution < 1.29 is 28.2 Å². The smallest absolute Gasteiger partial charge is 0.342 e. The molecule has 34 heavy (non-hydrogen) atoms. The quantitative estimate of drug-likeness (QED) is 0.192. The molecular formula is C27H40O6Si. The van der Waals surface area contributed by atoms with E-state index in [4.69, 9.17) is 23.4 Å². The Bertz CT molecular complexity index is 921. The zero-order valence-corrected chi connectivity index (χ0v) is 22.9. The molecule has 1 atom stereocenters. The van der Waals surface area contributed by atoms with Crippen LogP contribution in [0.1, 0.15) is 61.2 Å². The third kappa shape index (κ3) is 7.32. The summed E-state index contributed by atoms with van der Waals surface area (Å²) in [4.78, 5) is 12.8. The van der Waals surface area contributed by atoms with Gasteiger partial charge in [-0.2, -0.15) is 0 Å². The van der Waals surface area contributed by atoms with Crippen LogP contribution in [0.15, 0.2) is 42.5 Å². The predicted molar refractivity (Wildman–Crippen MR) is 137 cm³/mol. The summed E-state index contributed by atoms with van der Waals surface area (Å²) in [5, 5.41) is 0.00341. The lowest BCUT2D eigenvalue weighted by molar-refractivity contribution is 0.0587. The van der Waals surface area contributed by atoms with Crippen molar-refractivity contribution in [2.75, 3.05) is 27.9 Å². The average Bonchev–Trinajstić information content (AvgIpc) is 2.81. The van der Waals surface area contributed by atoms with Gasteiger partial charge in [0.25, 0.3) is 0 Å². The molecule has 0 aliphatic rings. The first-order valence-electron chi connectivity index (χ1n) is 11.7. The van der Waals surface area contributed by atoms with Gasteiger partial charge in [-0.3, -0.25) is 0 Å². The van der Waals surface area contributed by atoms with Crippen LogP contribution in [-0.4, -0.2) is 42.2 Å².